The Hall–Kier alpha value is -3.66. The molecule has 1 N–H and O–H groups in total. The molecule has 238 valence electrons. The third kappa shape index (κ3) is 8.08. The maximum atomic E-state index is 14.4. The van der Waals surface area contributed by atoms with Gasteiger partial charge in [-0.1, -0.05) is 32.0 Å². The van der Waals surface area contributed by atoms with Gasteiger partial charge < -0.3 is 19.5 Å². The summed E-state index contributed by atoms with van der Waals surface area (Å²) in [6.45, 7) is 12.4. The monoisotopic (exact) mass is 616 g/mol. The summed E-state index contributed by atoms with van der Waals surface area (Å²) in [6.07, 6.45) is -2.67. The zero-order chi connectivity index (χ0) is 32.4. The number of benzene rings is 2. The number of ether oxygens (including phenoxy) is 2. The van der Waals surface area contributed by atoms with Crippen molar-refractivity contribution in [2.24, 2.45) is 5.41 Å². The molecular formula is C34H40F4N2O4. The van der Waals surface area contributed by atoms with Crippen molar-refractivity contribution in [3.63, 3.8) is 0 Å². The lowest BCUT2D eigenvalue weighted by atomic mass is 9.82. The third-order valence-corrected chi connectivity index (χ3v) is 7.84. The van der Waals surface area contributed by atoms with Gasteiger partial charge >= 0.3 is 12.1 Å². The molecule has 1 atom stereocenters. The van der Waals surface area contributed by atoms with Gasteiger partial charge in [-0.25, -0.2) is 9.18 Å². The number of aliphatic carboxylic acids is 1. The molecule has 1 saturated heterocycles. The number of anilines is 1. The average Bonchev–Trinajstić information content (AvgIpc) is 2.92. The van der Waals surface area contributed by atoms with Crippen molar-refractivity contribution in [3.05, 3.63) is 76.9 Å². The molecule has 0 radical (unpaired) electrons. The number of rotatable bonds is 9. The van der Waals surface area contributed by atoms with Crippen LogP contribution in [0.1, 0.15) is 75.9 Å². The quantitative estimate of drug-likeness (QED) is 0.244. The SMILES string of the molecule is Cc1ncc(-c2ccc(OCCc3ccc(F)cc3)c(C(F)(F)F)c2)c(N2CCC(C)(C)CC2)c1C(OC(C)(C)C)C(=O)O. The molecule has 2 heterocycles. The number of carboxylic acids is 1. The van der Waals surface area contributed by atoms with Crippen molar-refractivity contribution in [3.8, 4) is 16.9 Å². The van der Waals surface area contributed by atoms with Gasteiger partial charge in [0.1, 0.15) is 11.6 Å². The highest BCUT2D eigenvalue weighted by Crippen LogP contribution is 2.45. The smallest absolute Gasteiger partial charge is 0.419 e. The molecule has 0 amide bonds. The second-order valence-corrected chi connectivity index (χ2v) is 13.1. The Labute approximate surface area is 256 Å². The number of halogens is 4. The Morgan fingerprint density at radius 2 is 1.70 bits per heavy atom. The Kier molecular flexibility index (Phi) is 9.63. The lowest BCUT2D eigenvalue weighted by Gasteiger charge is -2.41. The summed E-state index contributed by atoms with van der Waals surface area (Å²) in [6, 6.07) is 9.55. The summed E-state index contributed by atoms with van der Waals surface area (Å²) in [7, 11) is 0. The van der Waals surface area contributed by atoms with Gasteiger partial charge in [0.15, 0.2) is 6.10 Å². The first kappa shape index (κ1) is 33.2. The third-order valence-electron chi connectivity index (χ3n) is 7.84. The number of hydrogen-bond acceptors (Lipinski definition) is 5. The average molecular weight is 617 g/mol. The molecule has 44 heavy (non-hydrogen) atoms. The van der Waals surface area contributed by atoms with E-state index >= 15 is 0 Å². The summed E-state index contributed by atoms with van der Waals surface area (Å²) in [5.41, 5.74) is 0.931. The van der Waals surface area contributed by atoms with Crippen LogP contribution in [0.5, 0.6) is 5.75 Å². The van der Waals surface area contributed by atoms with E-state index in [4.69, 9.17) is 9.47 Å². The number of aromatic nitrogens is 1. The zero-order valence-corrected chi connectivity index (χ0v) is 26.0. The molecule has 1 unspecified atom stereocenters. The predicted octanol–water partition coefficient (Wildman–Crippen LogP) is 8.40. The number of aryl methyl sites for hydroxylation is 1. The fourth-order valence-corrected chi connectivity index (χ4v) is 5.37. The van der Waals surface area contributed by atoms with Gasteiger partial charge in [0.25, 0.3) is 0 Å². The first-order valence-electron chi connectivity index (χ1n) is 14.7. The molecule has 0 aliphatic carbocycles. The van der Waals surface area contributed by atoms with Crippen LogP contribution in [0.4, 0.5) is 23.2 Å². The van der Waals surface area contributed by atoms with Gasteiger partial charge in [0.2, 0.25) is 0 Å². The van der Waals surface area contributed by atoms with E-state index in [1.54, 1.807) is 39.8 Å². The zero-order valence-electron chi connectivity index (χ0n) is 26.0. The Morgan fingerprint density at radius 3 is 2.27 bits per heavy atom. The Bertz CT molecular complexity index is 1470. The fraction of sp³-hybridized carbons (Fsp3) is 0.471. The first-order valence-corrected chi connectivity index (χ1v) is 14.7. The topological polar surface area (TPSA) is 71.9 Å². The summed E-state index contributed by atoms with van der Waals surface area (Å²) in [5.74, 6) is -1.93. The molecule has 3 aromatic rings. The number of carboxylic acid groups (broad SMARTS) is 1. The van der Waals surface area contributed by atoms with E-state index in [2.05, 4.69) is 18.8 Å². The maximum absolute atomic E-state index is 14.4. The lowest BCUT2D eigenvalue weighted by molar-refractivity contribution is -0.160. The highest BCUT2D eigenvalue weighted by atomic mass is 19.4. The van der Waals surface area contributed by atoms with Crippen LogP contribution < -0.4 is 9.64 Å². The minimum absolute atomic E-state index is 0.0382. The largest absolute Gasteiger partial charge is 0.493 e. The highest BCUT2D eigenvalue weighted by Gasteiger charge is 2.38. The number of carbonyl (C=O) groups is 1. The number of piperidine rings is 1. The molecule has 0 spiro atoms. The highest BCUT2D eigenvalue weighted by molar-refractivity contribution is 5.86. The summed E-state index contributed by atoms with van der Waals surface area (Å²) in [5, 5.41) is 10.3. The molecule has 1 aromatic heterocycles. The van der Waals surface area contributed by atoms with Crippen molar-refractivity contribution in [1.82, 2.24) is 4.98 Å². The van der Waals surface area contributed by atoms with Crippen LogP contribution in [0.25, 0.3) is 11.1 Å². The Balaban J connectivity index is 1.81. The molecule has 1 aliphatic heterocycles. The van der Waals surface area contributed by atoms with E-state index in [1.165, 1.54) is 30.5 Å². The molecule has 10 heteroatoms. The standard InChI is InChI=1S/C34H40F4N2O4/c1-21-28(30(31(41)42)44-32(2,3)4)29(40-16-14-33(5,6)15-17-40)25(20-39-21)23-9-12-27(26(19-23)34(36,37)38)43-18-13-22-7-10-24(35)11-8-22/h7-12,19-20,30H,13-18H2,1-6H3,(H,41,42). The van der Waals surface area contributed by atoms with Crippen LogP contribution in [0.15, 0.2) is 48.7 Å². The van der Waals surface area contributed by atoms with E-state index in [9.17, 15) is 27.5 Å². The molecule has 4 rings (SSSR count). The number of alkyl halides is 3. The minimum Gasteiger partial charge on any atom is -0.493 e. The number of nitrogens with zero attached hydrogens (tertiary/aromatic N) is 2. The van der Waals surface area contributed by atoms with E-state index < -0.39 is 35.2 Å². The molecule has 0 bridgehead atoms. The van der Waals surface area contributed by atoms with Gasteiger partial charge in [-0.15, -0.1) is 0 Å². The molecule has 1 fully saturated rings. The summed E-state index contributed by atoms with van der Waals surface area (Å²) >= 11 is 0. The predicted molar refractivity (Wildman–Crippen MR) is 161 cm³/mol. The van der Waals surface area contributed by atoms with Crippen molar-refractivity contribution in [2.45, 2.75) is 78.7 Å². The molecule has 0 saturated carbocycles. The van der Waals surface area contributed by atoms with Crippen LogP contribution in [0.2, 0.25) is 0 Å². The first-order chi connectivity index (χ1) is 20.4. The second-order valence-electron chi connectivity index (χ2n) is 13.1. The van der Waals surface area contributed by atoms with Crippen LogP contribution in [-0.4, -0.2) is 41.4 Å². The van der Waals surface area contributed by atoms with Crippen LogP contribution >= 0.6 is 0 Å². The molecule has 2 aromatic carbocycles. The van der Waals surface area contributed by atoms with Gasteiger partial charge in [0.05, 0.1) is 23.5 Å². The van der Waals surface area contributed by atoms with E-state index in [0.29, 0.717) is 42.0 Å². The lowest BCUT2D eigenvalue weighted by Crippen LogP contribution is -2.39. The fourth-order valence-electron chi connectivity index (χ4n) is 5.37. The van der Waals surface area contributed by atoms with Gasteiger partial charge in [-0.2, -0.15) is 13.2 Å². The molecular weight excluding hydrogens is 576 g/mol. The van der Waals surface area contributed by atoms with Crippen molar-refractivity contribution >= 4 is 11.7 Å². The van der Waals surface area contributed by atoms with Crippen molar-refractivity contribution in [2.75, 3.05) is 24.6 Å². The van der Waals surface area contributed by atoms with Crippen LogP contribution in [-0.2, 0) is 22.1 Å². The summed E-state index contributed by atoms with van der Waals surface area (Å²) < 4.78 is 68.0. The van der Waals surface area contributed by atoms with E-state index in [-0.39, 0.29) is 23.3 Å². The number of hydrogen-bond donors (Lipinski definition) is 1. The van der Waals surface area contributed by atoms with Gasteiger partial charge in [-0.05, 0) is 81.3 Å². The normalized spacial score (nSPS) is 16.1. The second kappa shape index (κ2) is 12.8. The molecule has 1 aliphatic rings. The van der Waals surface area contributed by atoms with Gasteiger partial charge in [0, 0.05) is 42.5 Å². The van der Waals surface area contributed by atoms with Gasteiger partial charge in [-0.3, -0.25) is 4.98 Å². The van der Waals surface area contributed by atoms with Crippen molar-refractivity contribution < 1.29 is 36.9 Å². The van der Waals surface area contributed by atoms with Crippen LogP contribution in [0.3, 0.4) is 0 Å². The Morgan fingerprint density at radius 1 is 1.07 bits per heavy atom. The number of pyridine rings is 1. The van der Waals surface area contributed by atoms with E-state index in [0.717, 1.165) is 24.5 Å². The van der Waals surface area contributed by atoms with Crippen molar-refractivity contribution in [1.29, 1.82) is 0 Å². The summed E-state index contributed by atoms with van der Waals surface area (Å²) in [4.78, 5) is 19.1. The van der Waals surface area contributed by atoms with E-state index in [1.807, 2.05) is 4.90 Å². The molecule has 6 nitrogen and oxygen atoms in total. The van der Waals surface area contributed by atoms with Crippen LogP contribution in [0, 0.1) is 18.2 Å². The minimum atomic E-state index is -4.73. The maximum Gasteiger partial charge on any atom is 0.419 e.